The number of amides is 3. The predicted octanol–water partition coefficient (Wildman–Crippen LogP) is 3.84. The van der Waals surface area contributed by atoms with E-state index in [1.807, 2.05) is 0 Å². The van der Waals surface area contributed by atoms with Crippen LogP contribution in [0.2, 0.25) is 5.02 Å². The summed E-state index contributed by atoms with van der Waals surface area (Å²) >= 11 is 5.80. The number of benzene rings is 2. The summed E-state index contributed by atoms with van der Waals surface area (Å²) < 4.78 is 0. The molecule has 0 radical (unpaired) electrons. The lowest BCUT2D eigenvalue weighted by molar-refractivity contribution is -0.117. The lowest BCUT2D eigenvalue weighted by Gasteiger charge is -2.08. The van der Waals surface area contributed by atoms with E-state index in [0.29, 0.717) is 35.7 Å². The SMILES string of the molecule is O=C(CCCNC(=O)c1ccc(Cl)cc1)Nc1ccc(NC(=O)C2CC2)cc1. The first kappa shape index (κ1) is 19.9. The van der Waals surface area contributed by atoms with Crippen LogP contribution in [0, 0.1) is 5.92 Å². The molecule has 1 fully saturated rings. The van der Waals surface area contributed by atoms with E-state index in [4.69, 9.17) is 11.6 Å². The minimum Gasteiger partial charge on any atom is -0.352 e. The van der Waals surface area contributed by atoms with Crippen molar-refractivity contribution in [2.45, 2.75) is 25.7 Å². The molecule has 146 valence electrons. The summed E-state index contributed by atoms with van der Waals surface area (Å²) in [4.78, 5) is 35.7. The Morgan fingerprint density at radius 2 is 1.50 bits per heavy atom. The second kappa shape index (κ2) is 9.37. The normalized spacial score (nSPS) is 12.9. The van der Waals surface area contributed by atoms with Gasteiger partial charge in [-0.3, -0.25) is 14.4 Å². The molecule has 1 saturated carbocycles. The van der Waals surface area contributed by atoms with Crippen molar-refractivity contribution < 1.29 is 14.4 Å². The van der Waals surface area contributed by atoms with Gasteiger partial charge in [-0.15, -0.1) is 0 Å². The van der Waals surface area contributed by atoms with Crippen molar-refractivity contribution in [2.24, 2.45) is 5.92 Å². The van der Waals surface area contributed by atoms with Crippen LogP contribution in [0.3, 0.4) is 0 Å². The average Bonchev–Trinajstić information content (AvgIpc) is 3.52. The lowest BCUT2D eigenvalue weighted by Crippen LogP contribution is -2.25. The van der Waals surface area contributed by atoms with Crippen molar-refractivity contribution in [1.29, 1.82) is 0 Å². The zero-order valence-electron chi connectivity index (χ0n) is 15.3. The van der Waals surface area contributed by atoms with Gasteiger partial charge in [0.1, 0.15) is 0 Å². The monoisotopic (exact) mass is 399 g/mol. The van der Waals surface area contributed by atoms with Gasteiger partial charge in [-0.2, -0.15) is 0 Å². The van der Waals surface area contributed by atoms with E-state index >= 15 is 0 Å². The Hall–Kier alpha value is -2.86. The molecule has 28 heavy (non-hydrogen) atoms. The highest BCUT2D eigenvalue weighted by Gasteiger charge is 2.29. The Morgan fingerprint density at radius 3 is 2.11 bits per heavy atom. The van der Waals surface area contributed by atoms with Gasteiger partial charge in [0.25, 0.3) is 5.91 Å². The molecular formula is C21H22ClN3O3. The number of carbonyl (C=O) groups is 3. The fourth-order valence-corrected chi connectivity index (χ4v) is 2.73. The van der Waals surface area contributed by atoms with E-state index in [-0.39, 0.29) is 23.6 Å². The molecule has 0 heterocycles. The van der Waals surface area contributed by atoms with Crippen LogP contribution in [0.25, 0.3) is 0 Å². The standard InChI is InChI=1S/C21H22ClN3O3/c22-16-7-5-14(6-8-16)20(27)23-13-1-2-19(26)24-17-9-11-18(12-10-17)25-21(28)15-3-4-15/h5-12,15H,1-4,13H2,(H,23,27)(H,24,26)(H,25,28). The number of nitrogens with one attached hydrogen (secondary N) is 3. The fraction of sp³-hybridized carbons (Fsp3) is 0.286. The molecule has 0 saturated heterocycles. The van der Waals surface area contributed by atoms with Gasteiger partial charge in [-0.1, -0.05) is 11.6 Å². The molecule has 0 aromatic heterocycles. The number of carbonyl (C=O) groups excluding carboxylic acids is 3. The smallest absolute Gasteiger partial charge is 0.251 e. The van der Waals surface area contributed by atoms with Gasteiger partial charge in [0.05, 0.1) is 0 Å². The van der Waals surface area contributed by atoms with Crippen LogP contribution in [0.1, 0.15) is 36.0 Å². The fourth-order valence-electron chi connectivity index (χ4n) is 2.60. The Labute approximate surface area is 168 Å². The number of rotatable bonds is 8. The highest BCUT2D eigenvalue weighted by molar-refractivity contribution is 6.30. The molecule has 3 rings (SSSR count). The Kier molecular flexibility index (Phi) is 6.66. The van der Waals surface area contributed by atoms with Crippen LogP contribution in [0.15, 0.2) is 48.5 Å². The van der Waals surface area contributed by atoms with Gasteiger partial charge < -0.3 is 16.0 Å². The highest BCUT2D eigenvalue weighted by atomic mass is 35.5. The number of hydrogen-bond donors (Lipinski definition) is 3. The zero-order valence-corrected chi connectivity index (χ0v) is 16.1. The van der Waals surface area contributed by atoms with Crippen molar-refractivity contribution in [3.8, 4) is 0 Å². The van der Waals surface area contributed by atoms with E-state index in [9.17, 15) is 14.4 Å². The van der Waals surface area contributed by atoms with Crippen molar-refractivity contribution >= 4 is 40.7 Å². The second-order valence-corrected chi connectivity index (χ2v) is 7.19. The maximum absolute atomic E-state index is 12.0. The van der Waals surface area contributed by atoms with Crippen molar-refractivity contribution in [3.63, 3.8) is 0 Å². The lowest BCUT2D eigenvalue weighted by atomic mass is 10.2. The predicted molar refractivity (Wildman–Crippen MR) is 109 cm³/mol. The third-order valence-electron chi connectivity index (χ3n) is 4.36. The van der Waals surface area contributed by atoms with E-state index < -0.39 is 0 Å². The first-order chi connectivity index (χ1) is 13.5. The summed E-state index contributed by atoms with van der Waals surface area (Å²) in [5, 5.41) is 9.01. The third-order valence-corrected chi connectivity index (χ3v) is 4.61. The van der Waals surface area contributed by atoms with Gasteiger partial charge in [0.15, 0.2) is 0 Å². The Bertz CT molecular complexity index is 846. The molecule has 7 heteroatoms. The summed E-state index contributed by atoms with van der Waals surface area (Å²) in [5.74, 6) is -0.117. The molecule has 1 aliphatic carbocycles. The molecule has 3 amide bonds. The molecule has 0 unspecified atom stereocenters. The van der Waals surface area contributed by atoms with Crippen LogP contribution < -0.4 is 16.0 Å². The van der Waals surface area contributed by atoms with Crippen molar-refractivity contribution in [2.75, 3.05) is 17.2 Å². The first-order valence-corrected chi connectivity index (χ1v) is 9.63. The largest absolute Gasteiger partial charge is 0.352 e. The first-order valence-electron chi connectivity index (χ1n) is 9.26. The van der Waals surface area contributed by atoms with Crippen molar-refractivity contribution in [3.05, 3.63) is 59.1 Å². The molecule has 1 aliphatic rings. The minimum atomic E-state index is -0.194. The summed E-state index contributed by atoms with van der Waals surface area (Å²) in [6, 6.07) is 13.7. The van der Waals surface area contributed by atoms with Gasteiger partial charge in [0.2, 0.25) is 11.8 Å². The summed E-state index contributed by atoms with van der Waals surface area (Å²) in [6.07, 6.45) is 2.74. The molecular weight excluding hydrogens is 378 g/mol. The van der Waals surface area contributed by atoms with Crippen molar-refractivity contribution in [1.82, 2.24) is 5.32 Å². The van der Waals surface area contributed by atoms with Gasteiger partial charge in [-0.25, -0.2) is 0 Å². The number of hydrogen-bond acceptors (Lipinski definition) is 3. The molecule has 6 nitrogen and oxygen atoms in total. The van der Waals surface area contributed by atoms with E-state index in [1.54, 1.807) is 48.5 Å². The van der Waals surface area contributed by atoms with E-state index in [1.165, 1.54) is 0 Å². The highest BCUT2D eigenvalue weighted by Crippen LogP contribution is 2.30. The quantitative estimate of drug-likeness (QED) is 0.589. The topological polar surface area (TPSA) is 87.3 Å². The molecule has 2 aromatic rings. The maximum atomic E-state index is 12.0. The van der Waals surface area contributed by atoms with Gasteiger partial charge in [-0.05, 0) is 67.8 Å². The summed E-state index contributed by atoms with van der Waals surface area (Å²) in [5.41, 5.74) is 1.92. The molecule has 2 aromatic carbocycles. The van der Waals surface area contributed by atoms with Crippen LogP contribution in [0.5, 0.6) is 0 Å². The van der Waals surface area contributed by atoms with Crippen LogP contribution in [0.4, 0.5) is 11.4 Å². The molecule has 0 aliphatic heterocycles. The van der Waals surface area contributed by atoms with Crippen LogP contribution >= 0.6 is 11.6 Å². The molecule has 3 N–H and O–H groups in total. The van der Waals surface area contributed by atoms with Gasteiger partial charge in [0, 0.05) is 40.8 Å². The zero-order chi connectivity index (χ0) is 19.9. The number of halogens is 1. The van der Waals surface area contributed by atoms with Crippen LogP contribution in [-0.2, 0) is 9.59 Å². The minimum absolute atomic E-state index is 0.0532. The van der Waals surface area contributed by atoms with Gasteiger partial charge >= 0.3 is 0 Å². The molecule has 0 atom stereocenters. The maximum Gasteiger partial charge on any atom is 0.251 e. The summed E-state index contributed by atoms with van der Waals surface area (Å²) in [7, 11) is 0. The molecule has 0 spiro atoms. The number of anilines is 2. The average molecular weight is 400 g/mol. The van der Waals surface area contributed by atoms with E-state index in [2.05, 4.69) is 16.0 Å². The Morgan fingerprint density at radius 1 is 0.893 bits per heavy atom. The summed E-state index contributed by atoms with van der Waals surface area (Å²) in [6.45, 7) is 0.404. The third kappa shape index (κ3) is 6.09. The Balaban J connectivity index is 1.35. The van der Waals surface area contributed by atoms with Crippen LogP contribution in [-0.4, -0.2) is 24.3 Å². The molecule has 0 bridgehead atoms. The second-order valence-electron chi connectivity index (χ2n) is 6.76. The van der Waals surface area contributed by atoms with E-state index in [0.717, 1.165) is 18.5 Å².